The molecule has 0 unspecified atom stereocenters. The summed E-state index contributed by atoms with van der Waals surface area (Å²) in [7, 11) is 1.60. The van der Waals surface area contributed by atoms with E-state index < -0.39 is 0 Å². The van der Waals surface area contributed by atoms with Gasteiger partial charge in [-0.1, -0.05) is 0 Å². The van der Waals surface area contributed by atoms with E-state index in [9.17, 15) is 4.79 Å². The molecular weight excluding hydrogens is 423 g/mol. The zero-order valence-corrected chi connectivity index (χ0v) is 15.4. The van der Waals surface area contributed by atoms with Crippen LogP contribution in [0.3, 0.4) is 0 Å². The molecule has 126 valence electrons. The number of carbonyl (C=O) groups is 1. The predicted octanol–water partition coefficient (Wildman–Crippen LogP) is 3.48. The molecule has 2 aromatic rings. The minimum atomic E-state index is -0.340. The van der Waals surface area contributed by atoms with Crippen LogP contribution in [0.25, 0.3) is 6.08 Å². The van der Waals surface area contributed by atoms with Gasteiger partial charge in [0.2, 0.25) is 0 Å². The molecule has 0 saturated carbocycles. The van der Waals surface area contributed by atoms with E-state index in [1.165, 1.54) is 0 Å². The SMILES string of the molecule is COc1ccc(OCC(=O)N/N=C(C)/C=C/c2ccco2)c(I)c1. The van der Waals surface area contributed by atoms with E-state index in [1.54, 1.807) is 50.6 Å². The average Bonchev–Trinajstić information content (AvgIpc) is 3.10. The van der Waals surface area contributed by atoms with E-state index in [4.69, 9.17) is 13.9 Å². The first kappa shape index (κ1) is 18.1. The molecule has 0 spiro atoms. The number of benzene rings is 1. The number of halogens is 1. The molecule has 0 saturated heterocycles. The number of methoxy groups -OCH3 is 1. The number of hydrazone groups is 1. The molecule has 1 aromatic carbocycles. The van der Waals surface area contributed by atoms with Gasteiger partial charge >= 0.3 is 0 Å². The lowest BCUT2D eigenvalue weighted by atomic mass is 10.3. The molecule has 6 nitrogen and oxygen atoms in total. The van der Waals surface area contributed by atoms with Crippen molar-refractivity contribution in [3.63, 3.8) is 0 Å². The van der Waals surface area contributed by atoms with Crippen molar-refractivity contribution >= 4 is 40.3 Å². The van der Waals surface area contributed by atoms with Crippen LogP contribution in [0.2, 0.25) is 0 Å². The second-order valence-corrected chi connectivity index (χ2v) is 5.88. The predicted molar refractivity (Wildman–Crippen MR) is 100 cm³/mol. The highest BCUT2D eigenvalue weighted by atomic mass is 127. The van der Waals surface area contributed by atoms with E-state index in [1.807, 2.05) is 12.1 Å². The molecule has 0 bridgehead atoms. The van der Waals surface area contributed by atoms with Crippen molar-refractivity contribution in [2.75, 3.05) is 13.7 Å². The lowest BCUT2D eigenvalue weighted by Crippen LogP contribution is -2.25. The van der Waals surface area contributed by atoms with Gasteiger partial charge in [0.1, 0.15) is 17.3 Å². The molecule has 0 aliphatic heterocycles. The molecule has 1 amide bonds. The van der Waals surface area contributed by atoms with Crippen molar-refractivity contribution in [1.82, 2.24) is 5.43 Å². The first-order chi connectivity index (χ1) is 11.6. The van der Waals surface area contributed by atoms with E-state index in [0.29, 0.717) is 17.2 Å². The third-order valence-electron chi connectivity index (χ3n) is 2.89. The number of amides is 1. The zero-order valence-electron chi connectivity index (χ0n) is 13.3. The van der Waals surface area contributed by atoms with Crippen LogP contribution in [0.15, 0.2) is 52.2 Å². The third-order valence-corrected chi connectivity index (χ3v) is 3.73. The van der Waals surface area contributed by atoms with Gasteiger partial charge in [0.25, 0.3) is 5.91 Å². The highest BCUT2D eigenvalue weighted by Crippen LogP contribution is 2.25. The third kappa shape index (κ3) is 5.73. The Balaban J connectivity index is 1.81. The summed E-state index contributed by atoms with van der Waals surface area (Å²) in [6.45, 7) is 1.65. The summed E-state index contributed by atoms with van der Waals surface area (Å²) in [5.74, 6) is 1.73. The monoisotopic (exact) mass is 440 g/mol. The largest absolute Gasteiger partial charge is 0.497 e. The minimum Gasteiger partial charge on any atom is -0.497 e. The molecule has 0 atom stereocenters. The molecule has 0 radical (unpaired) electrons. The van der Waals surface area contributed by atoms with Crippen LogP contribution < -0.4 is 14.9 Å². The number of hydrogen-bond acceptors (Lipinski definition) is 5. The lowest BCUT2D eigenvalue weighted by molar-refractivity contribution is -0.123. The van der Waals surface area contributed by atoms with Crippen LogP contribution in [0.1, 0.15) is 12.7 Å². The second kappa shape index (κ2) is 9.11. The van der Waals surface area contributed by atoms with Crippen molar-refractivity contribution in [3.05, 3.63) is 52.0 Å². The average molecular weight is 440 g/mol. The van der Waals surface area contributed by atoms with E-state index in [0.717, 1.165) is 9.32 Å². The number of allylic oxidation sites excluding steroid dienone is 1. The van der Waals surface area contributed by atoms with Gasteiger partial charge in [-0.05, 0) is 72.0 Å². The highest BCUT2D eigenvalue weighted by Gasteiger charge is 2.06. The first-order valence-corrected chi connectivity index (χ1v) is 8.17. The summed E-state index contributed by atoms with van der Waals surface area (Å²) in [6, 6.07) is 8.99. The van der Waals surface area contributed by atoms with Gasteiger partial charge in [0.15, 0.2) is 6.61 Å². The number of ether oxygens (including phenoxy) is 2. The lowest BCUT2D eigenvalue weighted by Gasteiger charge is -2.08. The number of furan rings is 1. The van der Waals surface area contributed by atoms with Crippen LogP contribution in [0, 0.1) is 3.57 Å². The van der Waals surface area contributed by atoms with E-state index >= 15 is 0 Å². The van der Waals surface area contributed by atoms with Crippen molar-refractivity contribution in [3.8, 4) is 11.5 Å². The fourth-order valence-electron chi connectivity index (χ4n) is 1.68. The highest BCUT2D eigenvalue weighted by molar-refractivity contribution is 14.1. The van der Waals surface area contributed by atoms with Crippen LogP contribution in [0.4, 0.5) is 0 Å². The summed E-state index contributed by atoms with van der Waals surface area (Å²) in [5.41, 5.74) is 3.08. The fourth-order valence-corrected chi connectivity index (χ4v) is 2.32. The Bertz CT molecular complexity index is 739. The second-order valence-electron chi connectivity index (χ2n) is 4.72. The molecule has 0 aliphatic rings. The quantitative estimate of drug-likeness (QED) is 0.407. The fraction of sp³-hybridized carbons (Fsp3) is 0.176. The maximum absolute atomic E-state index is 11.8. The van der Waals surface area contributed by atoms with Crippen molar-refractivity contribution in [1.29, 1.82) is 0 Å². The molecule has 0 fully saturated rings. The Kier molecular flexibility index (Phi) is 6.86. The summed E-state index contributed by atoms with van der Waals surface area (Å²) in [6.07, 6.45) is 5.10. The topological polar surface area (TPSA) is 73.1 Å². The maximum atomic E-state index is 11.8. The van der Waals surface area contributed by atoms with Crippen molar-refractivity contribution in [2.45, 2.75) is 6.92 Å². The Labute approximate surface area is 153 Å². The Morgan fingerprint density at radius 3 is 2.92 bits per heavy atom. The smallest absolute Gasteiger partial charge is 0.277 e. The van der Waals surface area contributed by atoms with Crippen molar-refractivity contribution in [2.24, 2.45) is 5.10 Å². The Morgan fingerprint density at radius 2 is 2.25 bits per heavy atom. The van der Waals surface area contributed by atoms with E-state index in [-0.39, 0.29) is 12.5 Å². The molecule has 2 rings (SSSR count). The maximum Gasteiger partial charge on any atom is 0.277 e. The van der Waals surface area contributed by atoms with Gasteiger partial charge in [-0.2, -0.15) is 5.10 Å². The molecule has 0 aliphatic carbocycles. The van der Waals surface area contributed by atoms with Crippen molar-refractivity contribution < 1.29 is 18.7 Å². The summed E-state index contributed by atoms with van der Waals surface area (Å²) >= 11 is 2.12. The zero-order chi connectivity index (χ0) is 17.4. The molecular formula is C17H17IN2O4. The van der Waals surface area contributed by atoms with E-state index in [2.05, 4.69) is 33.1 Å². The van der Waals surface area contributed by atoms with Gasteiger partial charge < -0.3 is 13.9 Å². The van der Waals surface area contributed by atoms with Crippen LogP contribution in [-0.4, -0.2) is 25.3 Å². The minimum absolute atomic E-state index is 0.124. The normalized spacial score (nSPS) is 11.5. The number of rotatable bonds is 7. The van der Waals surface area contributed by atoms with Crippen LogP contribution in [-0.2, 0) is 4.79 Å². The van der Waals surface area contributed by atoms with Gasteiger partial charge in [-0.15, -0.1) is 0 Å². The Morgan fingerprint density at radius 1 is 1.42 bits per heavy atom. The van der Waals surface area contributed by atoms with Gasteiger partial charge in [0.05, 0.1) is 22.7 Å². The number of carbonyl (C=O) groups excluding carboxylic acids is 1. The summed E-state index contributed by atoms with van der Waals surface area (Å²) in [5, 5.41) is 3.97. The number of nitrogens with one attached hydrogen (secondary N) is 1. The standard InChI is InChI=1S/C17H17IN2O4/c1-12(5-6-13-4-3-9-23-13)19-20-17(21)11-24-16-8-7-14(22-2)10-15(16)18/h3-10H,11H2,1-2H3,(H,20,21)/b6-5+,19-12+. The number of nitrogens with zero attached hydrogens (tertiary/aromatic N) is 1. The first-order valence-electron chi connectivity index (χ1n) is 7.09. The van der Waals surface area contributed by atoms with Crippen LogP contribution in [0.5, 0.6) is 11.5 Å². The number of hydrogen-bond donors (Lipinski definition) is 1. The van der Waals surface area contributed by atoms with Gasteiger partial charge in [-0.25, -0.2) is 5.43 Å². The van der Waals surface area contributed by atoms with Gasteiger partial charge in [0, 0.05) is 0 Å². The Hall–Kier alpha value is -2.29. The molecule has 1 N–H and O–H groups in total. The van der Waals surface area contributed by atoms with Gasteiger partial charge in [-0.3, -0.25) is 4.79 Å². The van der Waals surface area contributed by atoms with Crippen LogP contribution >= 0.6 is 22.6 Å². The molecule has 7 heteroatoms. The molecule has 1 heterocycles. The molecule has 24 heavy (non-hydrogen) atoms. The molecule has 1 aromatic heterocycles. The summed E-state index contributed by atoms with van der Waals surface area (Å²) < 4.78 is 16.6. The summed E-state index contributed by atoms with van der Waals surface area (Å²) in [4.78, 5) is 11.8.